The number of ether oxygens (including phenoxy) is 1. The number of rotatable bonds is 16. The Morgan fingerprint density at radius 2 is 1.36 bits per heavy atom. The maximum absolute atomic E-state index is 14.0. The largest absolute Gasteiger partial charge is 0.453 e. The minimum absolute atomic E-state index is 0.0876. The van der Waals surface area contributed by atoms with Gasteiger partial charge < -0.3 is 29.8 Å². The smallest absolute Gasteiger partial charge is 0.407 e. The van der Waals surface area contributed by atoms with E-state index in [0.717, 1.165) is 56.4 Å². The van der Waals surface area contributed by atoms with E-state index in [1.807, 2.05) is 75.3 Å². The van der Waals surface area contributed by atoms with Crippen LogP contribution in [0, 0.1) is 17.2 Å². The molecule has 0 saturated carbocycles. The number of imidazole rings is 2. The number of hydrogen-bond acceptors (Lipinski definition) is 8. The molecule has 4 aromatic carbocycles. The molecule has 13 heteroatoms. The first-order valence-corrected chi connectivity index (χ1v) is 19.3. The molecule has 0 aliphatic rings. The van der Waals surface area contributed by atoms with Crippen molar-refractivity contribution in [3.63, 3.8) is 0 Å². The van der Waals surface area contributed by atoms with Crippen LogP contribution in [0.5, 0.6) is 0 Å². The van der Waals surface area contributed by atoms with Crippen LogP contribution in [-0.2, 0) is 27.4 Å². The van der Waals surface area contributed by atoms with Gasteiger partial charge in [0.05, 0.1) is 56.0 Å². The summed E-state index contributed by atoms with van der Waals surface area (Å²) in [4.78, 5) is 59.3. The van der Waals surface area contributed by atoms with Crippen molar-refractivity contribution < 1.29 is 19.1 Å². The number of hydrogen-bond donors (Lipinski definition) is 3. The van der Waals surface area contributed by atoms with Crippen molar-refractivity contribution in [3.8, 4) is 39.7 Å². The lowest BCUT2D eigenvalue weighted by Crippen LogP contribution is -2.42. The summed E-state index contributed by atoms with van der Waals surface area (Å²) < 4.78 is 4.57. The maximum Gasteiger partial charge on any atom is 0.407 e. The van der Waals surface area contributed by atoms with Crippen LogP contribution in [-0.4, -0.2) is 93.4 Å². The van der Waals surface area contributed by atoms with Crippen molar-refractivity contribution in [2.75, 3.05) is 40.8 Å². The first-order chi connectivity index (χ1) is 28.1. The summed E-state index contributed by atoms with van der Waals surface area (Å²) in [5.74, 6) is 0.642. The van der Waals surface area contributed by atoms with E-state index in [1.165, 1.54) is 7.11 Å². The van der Waals surface area contributed by atoms with Crippen LogP contribution in [0.4, 0.5) is 4.79 Å². The van der Waals surface area contributed by atoms with Crippen molar-refractivity contribution in [3.05, 3.63) is 121 Å². The Balaban J connectivity index is 1.13. The molecule has 0 saturated heterocycles. The molecule has 13 nitrogen and oxygen atoms in total. The molecule has 6 rings (SSSR count). The first-order valence-electron chi connectivity index (χ1n) is 19.3. The van der Waals surface area contributed by atoms with Crippen LogP contribution in [0.2, 0.25) is 0 Å². The second kappa shape index (κ2) is 18.9. The summed E-state index contributed by atoms with van der Waals surface area (Å²) in [5.41, 5.74) is 6.66. The Labute approximate surface area is 338 Å². The highest BCUT2D eigenvalue weighted by molar-refractivity contribution is 5.90. The van der Waals surface area contributed by atoms with Gasteiger partial charge in [-0.05, 0) is 72.6 Å². The molecule has 6 aromatic rings. The molecule has 0 radical (unpaired) electrons. The molecule has 0 unspecified atom stereocenters. The molecule has 298 valence electrons. The number of methoxy groups -OCH3 is 1. The number of H-pyrrole nitrogens is 2. The highest BCUT2D eigenvalue weighted by atomic mass is 16.5. The molecule has 2 heterocycles. The van der Waals surface area contributed by atoms with Crippen molar-refractivity contribution in [1.29, 1.82) is 5.26 Å². The van der Waals surface area contributed by atoms with Crippen LogP contribution in [0.1, 0.15) is 43.5 Å². The Kier molecular flexibility index (Phi) is 13.3. The van der Waals surface area contributed by atoms with Gasteiger partial charge in [-0.15, -0.1) is 0 Å². The van der Waals surface area contributed by atoms with E-state index in [2.05, 4.69) is 84.6 Å². The average Bonchev–Trinajstić information content (AvgIpc) is 3.92. The number of fused-ring (bicyclic) bond motifs is 1. The summed E-state index contributed by atoms with van der Waals surface area (Å²) in [6, 6.07) is 32.4. The van der Waals surface area contributed by atoms with Gasteiger partial charge in [-0.2, -0.15) is 5.26 Å². The van der Waals surface area contributed by atoms with Gasteiger partial charge in [0.2, 0.25) is 11.8 Å². The van der Waals surface area contributed by atoms with E-state index < -0.39 is 12.1 Å². The molecule has 0 fully saturated rings. The summed E-state index contributed by atoms with van der Waals surface area (Å²) in [5, 5.41) is 14.2. The molecule has 58 heavy (non-hydrogen) atoms. The first kappa shape index (κ1) is 40.9. The van der Waals surface area contributed by atoms with E-state index in [1.54, 1.807) is 22.2 Å². The Hall–Kier alpha value is -6.78. The Bertz CT molecular complexity index is 2380. The van der Waals surface area contributed by atoms with Crippen LogP contribution in [0.3, 0.4) is 0 Å². The molecule has 3 amide bonds. The SMILES string of the molecule is CCCN(Cc1ncc(-c2ccc(-c3ccc4cc(-c5cnc(CN(C[C@H](C)C#N)C(=O)[C@@H](c6ccccc6)N(C)C)[nH]5)ccc4c3)cc2)[nH]1)C(=O)CNC(=O)OC. The average molecular weight is 780 g/mol. The van der Waals surface area contributed by atoms with Crippen molar-refractivity contribution in [1.82, 2.24) is 40.0 Å². The lowest BCUT2D eigenvalue weighted by molar-refractivity contribution is -0.137. The number of likely N-dealkylation sites (N-methyl/N-ethyl adjacent to an activating group) is 1. The summed E-state index contributed by atoms with van der Waals surface area (Å²) in [7, 11) is 5.03. The monoisotopic (exact) mass is 779 g/mol. The second-order valence-electron chi connectivity index (χ2n) is 14.5. The fourth-order valence-electron chi connectivity index (χ4n) is 6.94. The molecule has 0 bridgehead atoms. The molecule has 2 atom stereocenters. The van der Waals surface area contributed by atoms with Gasteiger partial charge in [0.1, 0.15) is 24.2 Å². The molecule has 0 spiro atoms. The topological polar surface area (TPSA) is 163 Å². The third kappa shape index (κ3) is 9.96. The fourth-order valence-corrected chi connectivity index (χ4v) is 6.94. The van der Waals surface area contributed by atoms with Gasteiger partial charge in [0.15, 0.2) is 0 Å². The number of amides is 3. The van der Waals surface area contributed by atoms with E-state index in [4.69, 9.17) is 0 Å². The Morgan fingerprint density at radius 1 is 0.793 bits per heavy atom. The number of carbonyl (C=O) groups excluding carboxylic acids is 3. The van der Waals surface area contributed by atoms with Gasteiger partial charge in [-0.25, -0.2) is 14.8 Å². The van der Waals surface area contributed by atoms with E-state index in [9.17, 15) is 19.6 Å². The minimum atomic E-state index is -0.649. The zero-order chi connectivity index (χ0) is 41.2. The van der Waals surface area contributed by atoms with E-state index in [-0.39, 0.29) is 37.4 Å². The highest BCUT2D eigenvalue weighted by Crippen LogP contribution is 2.30. The summed E-state index contributed by atoms with van der Waals surface area (Å²) >= 11 is 0. The van der Waals surface area contributed by atoms with Gasteiger partial charge in [0.25, 0.3) is 0 Å². The number of benzene rings is 4. The zero-order valence-electron chi connectivity index (χ0n) is 33.5. The summed E-state index contributed by atoms with van der Waals surface area (Å²) in [6.07, 6.45) is 3.67. The lowest BCUT2D eigenvalue weighted by Gasteiger charge is -2.31. The summed E-state index contributed by atoms with van der Waals surface area (Å²) in [6.45, 7) is 5.02. The molecule has 0 aliphatic heterocycles. The van der Waals surface area contributed by atoms with Crippen molar-refractivity contribution in [2.45, 2.75) is 39.4 Å². The molecule has 3 N–H and O–H groups in total. The maximum atomic E-state index is 14.0. The van der Waals surface area contributed by atoms with Crippen molar-refractivity contribution >= 4 is 28.7 Å². The number of aromatic amines is 2. The number of nitrogens with zero attached hydrogens (tertiary/aromatic N) is 6. The molecular weight excluding hydrogens is 731 g/mol. The van der Waals surface area contributed by atoms with Gasteiger partial charge in [-0.1, -0.05) is 85.8 Å². The second-order valence-corrected chi connectivity index (χ2v) is 14.5. The third-order valence-electron chi connectivity index (χ3n) is 9.93. The number of nitrogens with one attached hydrogen (secondary N) is 3. The highest BCUT2D eigenvalue weighted by Gasteiger charge is 2.29. The van der Waals surface area contributed by atoms with Gasteiger partial charge >= 0.3 is 6.09 Å². The Morgan fingerprint density at radius 3 is 1.97 bits per heavy atom. The van der Waals surface area contributed by atoms with Crippen LogP contribution in [0.25, 0.3) is 44.4 Å². The van der Waals surface area contributed by atoms with Gasteiger partial charge in [-0.3, -0.25) is 14.5 Å². The van der Waals surface area contributed by atoms with Gasteiger partial charge in [0, 0.05) is 18.7 Å². The quantitative estimate of drug-likeness (QED) is 0.0931. The number of alkyl carbamates (subject to hydrolysis) is 1. The predicted octanol–water partition coefficient (Wildman–Crippen LogP) is 7.17. The normalized spacial score (nSPS) is 12.2. The van der Waals surface area contributed by atoms with Crippen LogP contribution >= 0.6 is 0 Å². The van der Waals surface area contributed by atoms with Crippen LogP contribution in [0.15, 0.2) is 103 Å². The molecule has 0 aliphatic carbocycles. The zero-order valence-corrected chi connectivity index (χ0v) is 33.5. The molecule has 2 aromatic heterocycles. The number of aromatic nitrogens is 4. The van der Waals surface area contributed by atoms with E-state index >= 15 is 0 Å². The standard InChI is InChI=1S/C45H49N9O4/c1-6-20-53(42(55)26-49-45(57)58-5)28-40-47-24-38(50-40)32-14-12-31(13-15-32)34-16-17-36-22-37(19-18-35(36)21-34)39-25-48-41(51-39)29-54(27-30(2)23-46)44(56)43(52(3)4)33-10-8-7-9-11-33/h7-19,21-22,24-25,30,43H,6,20,26-29H2,1-5H3,(H,47,50)(H,48,51)(H,49,57)/t30-,43-/m1/s1. The third-order valence-corrected chi connectivity index (χ3v) is 9.93. The lowest BCUT2D eigenvalue weighted by atomic mass is 9.98. The number of nitriles is 1. The van der Waals surface area contributed by atoms with Crippen LogP contribution < -0.4 is 5.32 Å². The van der Waals surface area contributed by atoms with Crippen molar-refractivity contribution in [2.24, 2.45) is 5.92 Å². The fraction of sp³-hybridized carbons (Fsp3) is 0.289. The molecular formula is C45H49N9O4. The number of carbonyl (C=O) groups is 3. The minimum Gasteiger partial charge on any atom is -0.453 e. The van der Waals surface area contributed by atoms with E-state index in [0.29, 0.717) is 24.7 Å². The predicted molar refractivity (Wildman–Crippen MR) is 224 cm³/mol.